The maximum Gasteiger partial charge on any atom is 0.243 e. The molecule has 1 amide bonds. The molecule has 0 bridgehead atoms. The molecule has 1 unspecified atom stereocenters. The molecule has 1 N–H and O–H groups in total. The minimum Gasteiger partial charge on any atom is -0.487 e. The van der Waals surface area contributed by atoms with E-state index in [1.165, 1.54) is 6.08 Å². The third-order valence-electron chi connectivity index (χ3n) is 3.78. The van der Waals surface area contributed by atoms with Crippen LogP contribution in [0.2, 0.25) is 0 Å². The lowest BCUT2D eigenvalue weighted by atomic mass is 10.0. The predicted molar refractivity (Wildman–Crippen MR) is 97.8 cm³/mol. The average molecular weight is 354 g/mol. The summed E-state index contributed by atoms with van der Waals surface area (Å²) in [4.78, 5) is 15.7. The van der Waals surface area contributed by atoms with Crippen LogP contribution in [-0.2, 0) is 11.2 Å². The van der Waals surface area contributed by atoms with Gasteiger partial charge in [0.2, 0.25) is 11.8 Å². The van der Waals surface area contributed by atoms with Gasteiger partial charge < -0.3 is 19.5 Å². The number of hydrogen-bond donors (Lipinski definition) is 1. The number of ether oxygens (including phenoxy) is 3. The minimum atomic E-state index is -0.204. The van der Waals surface area contributed by atoms with Crippen molar-refractivity contribution >= 4 is 5.91 Å². The number of amides is 1. The molecule has 0 radical (unpaired) electrons. The molecule has 3 rings (SSSR count). The van der Waals surface area contributed by atoms with Gasteiger partial charge in [0.15, 0.2) is 11.5 Å². The zero-order chi connectivity index (χ0) is 18.5. The molecule has 0 aliphatic carbocycles. The van der Waals surface area contributed by atoms with Gasteiger partial charge in [0.1, 0.15) is 12.4 Å². The SMILES string of the molecule is C=CC(=O)NC1COc2c(cccc2Oc2ccc(OC(C)C)nc2)C1. The molecular formula is C20H22N2O4. The Kier molecular flexibility index (Phi) is 5.41. The van der Waals surface area contributed by atoms with Gasteiger partial charge in [-0.05, 0) is 38.5 Å². The maximum absolute atomic E-state index is 11.5. The third-order valence-corrected chi connectivity index (χ3v) is 3.78. The predicted octanol–water partition coefficient (Wildman–Crippen LogP) is 3.27. The normalized spacial score (nSPS) is 15.6. The first-order chi connectivity index (χ1) is 12.5. The number of aromatic nitrogens is 1. The van der Waals surface area contributed by atoms with Crippen molar-refractivity contribution in [2.75, 3.05) is 6.61 Å². The quantitative estimate of drug-likeness (QED) is 0.806. The van der Waals surface area contributed by atoms with Crippen LogP contribution in [0.5, 0.6) is 23.1 Å². The molecule has 6 heteroatoms. The van der Waals surface area contributed by atoms with Crippen LogP contribution in [0, 0.1) is 0 Å². The first-order valence-corrected chi connectivity index (χ1v) is 8.53. The molecule has 136 valence electrons. The van der Waals surface area contributed by atoms with E-state index in [-0.39, 0.29) is 18.1 Å². The second kappa shape index (κ2) is 7.91. The van der Waals surface area contributed by atoms with Gasteiger partial charge >= 0.3 is 0 Å². The van der Waals surface area contributed by atoms with Crippen LogP contribution in [0.15, 0.2) is 49.2 Å². The summed E-state index contributed by atoms with van der Waals surface area (Å²) in [6.45, 7) is 7.74. The minimum absolute atomic E-state index is 0.0679. The van der Waals surface area contributed by atoms with Gasteiger partial charge in [0, 0.05) is 11.6 Å². The largest absolute Gasteiger partial charge is 0.487 e. The molecule has 0 fully saturated rings. The lowest BCUT2D eigenvalue weighted by Crippen LogP contribution is -2.42. The first kappa shape index (κ1) is 17.8. The fraction of sp³-hybridized carbons (Fsp3) is 0.300. The van der Waals surface area contributed by atoms with Gasteiger partial charge in [0.25, 0.3) is 0 Å². The maximum atomic E-state index is 11.5. The van der Waals surface area contributed by atoms with Gasteiger partial charge in [0.05, 0.1) is 18.3 Å². The van der Waals surface area contributed by atoms with Gasteiger partial charge in [-0.3, -0.25) is 4.79 Å². The molecule has 2 aromatic rings. The molecule has 1 aromatic heterocycles. The topological polar surface area (TPSA) is 69.7 Å². The number of pyridine rings is 1. The number of rotatable bonds is 6. The summed E-state index contributed by atoms with van der Waals surface area (Å²) in [7, 11) is 0. The molecule has 1 aliphatic rings. The second-order valence-electron chi connectivity index (χ2n) is 6.27. The third kappa shape index (κ3) is 4.33. The van der Waals surface area contributed by atoms with Crippen LogP contribution < -0.4 is 19.5 Å². The van der Waals surface area contributed by atoms with Crippen molar-refractivity contribution in [2.45, 2.75) is 32.4 Å². The second-order valence-corrected chi connectivity index (χ2v) is 6.27. The summed E-state index contributed by atoms with van der Waals surface area (Å²) in [5.41, 5.74) is 0.982. The fourth-order valence-electron chi connectivity index (χ4n) is 2.69. The Bertz CT molecular complexity index is 787. The Morgan fingerprint density at radius 3 is 2.92 bits per heavy atom. The van der Waals surface area contributed by atoms with Crippen LogP contribution in [-0.4, -0.2) is 29.6 Å². The summed E-state index contributed by atoms with van der Waals surface area (Å²) in [6, 6.07) is 9.20. The van der Waals surface area contributed by atoms with E-state index in [1.807, 2.05) is 32.0 Å². The van der Waals surface area contributed by atoms with Crippen molar-refractivity contribution in [3.63, 3.8) is 0 Å². The number of para-hydroxylation sites is 1. The van der Waals surface area contributed by atoms with Gasteiger partial charge in [-0.2, -0.15) is 0 Å². The lowest BCUT2D eigenvalue weighted by Gasteiger charge is -2.27. The number of nitrogens with zero attached hydrogens (tertiary/aromatic N) is 1. The molecule has 1 atom stereocenters. The van der Waals surface area contributed by atoms with Crippen LogP contribution in [0.25, 0.3) is 0 Å². The van der Waals surface area contributed by atoms with Crippen molar-refractivity contribution in [3.8, 4) is 23.1 Å². The first-order valence-electron chi connectivity index (χ1n) is 8.53. The van der Waals surface area contributed by atoms with Crippen molar-refractivity contribution in [3.05, 3.63) is 54.7 Å². The van der Waals surface area contributed by atoms with Gasteiger partial charge in [-0.1, -0.05) is 18.7 Å². The Morgan fingerprint density at radius 2 is 2.23 bits per heavy atom. The molecule has 1 aliphatic heterocycles. The number of carbonyl (C=O) groups is 1. The van der Waals surface area contributed by atoms with E-state index in [4.69, 9.17) is 14.2 Å². The highest BCUT2D eigenvalue weighted by molar-refractivity contribution is 5.87. The van der Waals surface area contributed by atoms with Crippen LogP contribution >= 0.6 is 0 Å². The Morgan fingerprint density at radius 1 is 1.38 bits per heavy atom. The molecule has 26 heavy (non-hydrogen) atoms. The van der Waals surface area contributed by atoms with Crippen molar-refractivity contribution < 1.29 is 19.0 Å². The lowest BCUT2D eigenvalue weighted by molar-refractivity contribution is -0.117. The summed E-state index contributed by atoms with van der Waals surface area (Å²) in [5.74, 6) is 2.26. The summed E-state index contributed by atoms with van der Waals surface area (Å²) >= 11 is 0. The smallest absolute Gasteiger partial charge is 0.243 e. The van der Waals surface area contributed by atoms with Crippen molar-refractivity contribution in [1.29, 1.82) is 0 Å². The fourth-order valence-corrected chi connectivity index (χ4v) is 2.69. The summed E-state index contributed by atoms with van der Waals surface area (Å²) in [5, 5.41) is 2.85. The van der Waals surface area contributed by atoms with E-state index in [1.54, 1.807) is 18.3 Å². The molecule has 6 nitrogen and oxygen atoms in total. The van der Waals surface area contributed by atoms with Crippen LogP contribution in [0.3, 0.4) is 0 Å². The number of benzene rings is 1. The van der Waals surface area contributed by atoms with E-state index in [2.05, 4.69) is 16.9 Å². The van der Waals surface area contributed by atoms with E-state index in [0.717, 1.165) is 5.56 Å². The Balaban J connectivity index is 1.71. The summed E-state index contributed by atoms with van der Waals surface area (Å²) < 4.78 is 17.3. The van der Waals surface area contributed by atoms with E-state index in [0.29, 0.717) is 36.2 Å². The summed E-state index contributed by atoms with van der Waals surface area (Å²) in [6.07, 6.45) is 3.62. The zero-order valence-corrected chi connectivity index (χ0v) is 14.9. The zero-order valence-electron chi connectivity index (χ0n) is 14.9. The number of fused-ring (bicyclic) bond motifs is 1. The molecule has 0 saturated heterocycles. The van der Waals surface area contributed by atoms with E-state index in [9.17, 15) is 4.79 Å². The molecular weight excluding hydrogens is 332 g/mol. The van der Waals surface area contributed by atoms with Crippen molar-refractivity contribution in [1.82, 2.24) is 10.3 Å². The highest BCUT2D eigenvalue weighted by Gasteiger charge is 2.23. The Labute approximate surface area is 152 Å². The standard InChI is InChI=1S/C20H22N2O4/c1-4-18(23)22-15-10-14-6-5-7-17(20(14)24-12-15)26-16-8-9-19(21-11-16)25-13(2)3/h4-9,11,13,15H,1,10,12H2,2-3H3,(H,22,23). The van der Waals surface area contributed by atoms with Gasteiger partial charge in [-0.15, -0.1) is 0 Å². The molecule has 0 spiro atoms. The monoisotopic (exact) mass is 354 g/mol. The highest BCUT2D eigenvalue weighted by Crippen LogP contribution is 2.37. The van der Waals surface area contributed by atoms with Crippen LogP contribution in [0.1, 0.15) is 19.4 Å². The van der Waals surface area contributed by atoms with Crippen molar-refractivity contribution in [2.24, 2.45) is 0 Å². The van der Waals surface area contributed by atoms with Gasteiger partial charge in [-0.25, -0.2) is 4.98 Å². The number of hydrogen-bond acceptors (Lipinski definition) is 5. The van der Waals surface area contributed by atoms with Crippen LogP contribution in [0.4, 0.5) is 0 Å². The Hall–Kier alpha value is -3.02. The van der Waals surface area contributed by atoms with E-state index >= 15 is 0 Å². The molecule has 2 heterocycles. The number of carbonyl (C=O) groups excluding carboxylic acids is 1. The molecule has 0 saturated carbocycles. The molecule has 1 aromatic carbocycles. The average Bonchev–Trinajstić information content (AvgIpc) is 2.63. The number of nitrogens with one attached hydrogen (secondary N) is 1. The van der Waals surface area contributed by atoms with E-state index < -0.39 is 0 Å². The highest BCUT2D eigenvalue weighted by atomic mass is 16.5.